The number of benzene rings is 5. The summed E-state index contributed by atoms with van der Waals surface area (Å²) in [5, 5.41) is 2.64. The summed E-state index contributed by atoms with van der Waals surface area (Å²) in [6.45, 7) is 4.58. The average molecular weight is 466 g/mol. The van der Waals surface area contributed by atoms with Gasteiger partial charge < -0.3 is 4.57 Å². The van der Waals surface area contributed by atoms with Gasteiger partial charge in [0.25, 0.3) is 0 Å². The van der Waals surface area contributed by atoms with Crippen molar-refractivity contribution in [1.29, 1.82) is 0 Å². The molecule has 0 saturated heterocycles. The van der Waals surface area contributed by atoms with Crippen LogP contribution in [0, 0.1) is 0 Å². The average Bonchev–Trinajstić information content (AvgIpc) is 3.27. The molecule has 1 heterocycles. The lowest BCUT2D eigenvalue weighted by molar-refractivity contribution is 0.735. The van der Waals surface area contributed by atoms with Crippen molar-refractivity contribution in [3.05, 3.63) is 138 Å². The lowest BCUT2D eigenvalue weighted by Crippen LogP contribution is -1.94. The largest absolute Gasteiger partial charge is 0.309 e. The zero-order chi connectivity index (χ0) is 24.5. The predicted octanol–water partition coefficient (Wildman–Crippen LogP) is 9.55. The summed E-state index contributed by atoms with van der Waals surface area (Å²) in [6.07, 6.45) is 2.10. The fraction of sp³-hybridized carbons (Fsp3) is 0.143. The Morgan fingerprint density at radius 1 is 0.583 bits per heavy atom. The van der Waals surface area contributed by atoms with E-state index in [4.69, 9.17) is 0 Å². The monoisotopic (exact) mass is 465 g/mol. The van der Waals surface area contributed by atoms with Crippen molar-refractivity contribution in [2.75, 3.05) is 0 Å². The molecule has 0 amide bonds. The van der Waals surface area contributed by atoms with Gasteiger partial charge in [-0.25, -0.2) is 0 Å². The van der Waals surface area contributed by atoms with E-state index >= 15 is 0 Å². The molecule has 0 bridgehead atoms. The zero-order valence-corrected chi connectivity index (χ0v) is 21.0. The van der Waals surface area contributed by atoms with Crippen LogP contribution in [0.15, 0.2) is 121 Å². The van der Waals surface area contributed by atoms with Crippen molar-refractivity contribution < 1.29 is 0 Å². The molecule has 0 aliphatic heterocycles. The fourth-order valence-electron chi connectivity index (χ4n) is 5.26. The van der Waals surface area contributed by atoms with Crippen LogP contribution in [-0.4, -0.2) is 4.57 Å². The van der Waals surface area contributed by atoms with E-state index in [-0.39, 0.29) is 0 Å². The molecule has 0 radical (unpaired) electrons. The highest BCUT2D eigenvalue weighted by atomic mass is 15.0. The fourth-order valence-corrected chi connectivity index (χ4v) is 5.26. The Balaban J connectivity index is 1.46. The number of rotatable bonds is 6. The molecule has 0 saturated carbocycles. The Hall–Kier alpha value is -4.10. The summed E-state index contributed by atoms with van der Waals surface area (Å²) in [4.78, 5) is 0. The normalized spacial score (nSPS) is 12.3. The molecular formula is C35H31N. The third-order valence-corrected chi connectivity index (χ3v) is 7.52. The minimum absolute atomic E-state index is 0.546. The Morgan fingerprint density at radius 2 is 1.17 bits per heavy atom. The number of para-hydroxylation sites is 1. The number of hydrogen-bond acceptors (Lipinski definition) is 0. The molecule has 1 heteroatoms. The van der Waals surface area contributed by atoms with Crippen molar-refractivity contribution in [1.82, 2.24) is 4.57 Å². The maximum Gasteiger partial charge on any atom is 0.0541 e. The molecule has 6 rings (SSSR count). The van der Waals surface area contributed by atoms with Crippen LogP contribution in [0.25, 0.3) is 38.6 Å². The second-order valence-corrected chi connectivity index (χ2v) is 9.85. The van der Waals surface area contributed by atoms with Crippen molar-refractivity contribution in [3.63, 3.8) is 0 Å². The zero-order valence-electron chi connectivity index (χ0n) is 21.0. The van der Waals surface area contributed by atoms with E-state index in [2.05, 4.69) is 140 Å². The third-order valence-electron chi connectivity index (χ3n) is 7.52. The molecule has 1 atom stereocenters. The maximum absolute atomic E-state index is 2.41. The molecule has 1 aromatic heterocycles. The summed E-state index contributed by atoms with van der Waals surface area (Å²) in [5.41, 5.74) is 10.3. The number of fused-ring (bicyclic) bond motifs is 3. The minimum atomic E-state index is 0.546. The summed E-state index contributed by atoms with van der Waals surface area (Å²) in [7, 11) is 0. The Kier molecular flexibility index (Phi) is 5.91. The van der Waals surface area contributed by atoms with E-state index in [1.165, 1.54) is 55.3 Å². The molecule has 176 valence electrons. The lowest BCUT2D eigenvalue weighted by atomic mass is 9.96. The highest BCUT2D eigenvalue weighted by molar-refractivity contribution is 6.10. The van der Waals surface area contributed by atoms with Gasteiger partial charge >= 0.3 is 0 Å². The van der Waals surface area contributed by atoms with Gasteiger partial charge in [0.2, 0.25) is 0 Å². The summed E-state index contributed by atoms with van der Waals surface area (Å²) in [6, 6.07) is 44.4. The van der Waals surface area contributed by atoms with Crippen LogP contribution in [0.4, 0.5) is 0 Å². The van der Waals surface area contributed by atoms with Crippen molar-refractivity contribution >= 4 is 21.8 Å². The Bertz CT molecular complexity index is 1620. The molecule has 6 aromatic rings. The molecule has 5 aromatic carbocycles. The second kappa shape index (κ2) is 9.51. The van der Waals surface area contributed by atoms with Crippen LogP contribution in [0.1, 0.15) is 42.9 Å². The van der Waals surface area contributed by atoms with Gasteiger partial charge in [0, 0.05) is 16.5 Å². The standard InChI is InChI=1S/C35H31N/c1-3-25(2)29-18-20-34-32(23-29)33-24-30(19-21-35(33)36(34)31-12-8-5-9-13-31)28-16-14-27(15-17-28)22-26-10-6-4-7-11-26/h4-21,23-25H,3,22H2,1-2H3. The second-order valence-electron chi connectivity index (χ2n) is 9.85. The predicted molar refractivity (Wildman–Crippen MR) is 154 cm³/mol. The Morgan fingerprint density at radius 3 is 1.86 bits per heavy atom. The molecule has 1 unspecified atom stereocenters. The Labute approximate surface area is 213 Å². The molecular weight excluding hydrogens is 434 g/mol. The SMILES string of the molecule is CCC(C)c1ccc2c(c1)c1cc(-c3ccc(Cc4ccccc4)cc3)ccc1n2-c1ccccc1. The van der Waals surface area contributed by atoms with Gasteiger partial charge in [0.15, 0.2) is 0 Å². The van der Waals surface area contributed by atoms with Crippen LogP contribution in [-0.2, 0) is 6.42 Å². The van der Waals surface area contributed by atoms with E-state index in [1.54, 1.807) is 0 Å². The van der Waals surface area contributed by atoms with Crippen LogP contribution >= 0.6 is 0 Å². The van der Waals surface area contributed by atoms with Gasteiger partial charge in [0.1, 0.15) is 0 Å². The van der Waals surface area contributed by atoms with E-state index in [0.717, 1.165) is 12.8 Å². The first-order valence-electron chi connectivity index (χ1n) is 13.0. The highest BCUT2D eigenvalue weighted by Gasteiger charge is 2.15. The van der Waals surface area contributed by atoms with Crippen LogP contribution in [0.3, 0.4) is 0 Å². The number of hydrogen-bond donors (Lipinski definition) is 0. The van der Waals surface area contributed by atoms with E-state index < -0.39 is 0 Å². The van der Waals surface area contributed by atoms with Crippen molar-refractivity contribution in [2.45, 2.75) is 32.6 Å². The number of nitrogens with zero attached hydrogens (tertiary/aromatic N) is 1. The molecule has 0 fully saturated rings. The van der Waals surface area contributed by atoms with Crippen LogP contribution < -0.4 is 0 Å². The van der Waals surface area contributed by atoms with Gasteiger partial charge in [-0.15, -0.1) is 0 Å². The first-order valence-corrected chi connectivity index (χ1v) is 13.0. The molecule has 1 nitrogen and oxygen atoms in total. The maximum atomic E-state index is 2.41. The number of aromatic nitrogens is 1. The molecule has 0 aliphatic rings. The van der Waals surface area contributed by atoms with Gasteiger partial charge in [-0.05, 0) is 83.0 Å². The van der Waals surface area contributed by atoms with Gasteiger partial charge in [-0.2, -0.15) is 0 Å². The molecule has 36 heavy (non-hydrogen) atoms. The van der Waals surface area contributed by atoms with Gasteiger partial charge in [0.05, 0.1) is 11.0 Å². The van der Waals surface area contributed by atoms with Crippen molar-refractivity contribution in [3.8, 4) is 16.8 Å². The first-order chi connectivity index (χ1) is 17.7. The lowest BCUT2D eigenvalue weighted by Gasteiger charge is -2.10. The van der Waals surface area contributed by atoms with E-state index in [9.17, 15) is 0 Å². The molecule has 0 spiro atoms. The van der Waals surface area contributed by atoms with Gasteiger partial charge in [-0.3, -0.25) is 0 Å². The van der Waals surface area contributed by atoms with E-state index in [0.29, 0.717) is 5.92 Å². The first kappa shape index (κ1) is 22.4. The minimum Gasteiger partial charge on any atom is -0.309 e. The molecule has 0 aliphatic carbocycles. The summed E-state index contributed by atoms with van der Waals surface area (Å²) in [5.74, 6) is 0.546. The van der Waals surface area contributed by atoms with E-state index in [1.807, 2.05) is 0 Å². The van der Waals surface area contributed by atoms with Crippen molar-refractivity contribution in [2.24, 2.45) is 0 Å². The molecule has 0 N–H and O–H groups in total. The topological polar surface area (TPSA) is 4.93 Å². The van der Waals surface area contributed by atoms with Crippen LogP contribution in [0.5, 0.6) is 0 Å². The van der Waals surface area contributed by atoms with Gasteiger partial charge in [-0.1, -0.05) is 98.8 Å². The summed E-state index contributed by atoms with van der Waals surface area (Å²) < 4.78 is 2.40. The quantitative estimate of drug-likeness (QED) is 0.231. The summed E-state index contributed by atoms with van der Waals surface area (Å²) >= 11 is 0. The smallest absolute Gasteiger partial charge is 0.0541 e. The third kappa shape index (κ3) is 4.12. The highest BCUT2D eigenvalue weighted by Crippen LogP contribution is 2.36. The van der Waals surface area contributed by atoms with Crippen LogP contribution in [0.2, 0.25) is 0 Å².